The van der Waals surface area contributed by atoms with Crippen molar-refractivity contribution in [2.24, 2.45) is 5.73 Å². The summed E-state index contributed by atoms with van der Waals surface area (Å²) >= 11 is 0. The molecule has 0 aliphatic heterocycles. The van der Waals surface area contributed by atoms with Crippen molar-refractivity contribution in [3.63, 3.8) is 0 Å². The minimum absolute atomic E-state index is 0. The third-order valence-corrected chi connectivity index (χ3v) is 3.81. The van der Waals surface area contributed by atoms with Gasteiger partial charge in [0.05, 0.1) is 11.8 Å². The van der Waals surface area contributed by atoms with Crippen molar-refractivity contribution < 1.29 is 4.74 Å². The van der Waals surface area contributed by atoms with Gasteiger partial charge in [-0.15, -0.1) is 24.8 Å². The van der Waals surface area contributed by atoms with Gasteiger partial charge >= 0.3 is 0 Å². The average Bonchev–Trinajstić information content (AvgIpc) is 2.67. The number of pyridine rings is 1. The Labute approximate surface area is 120 Å². The quantitative estimate of drug-likeness (QED) is 0.931. The van der Waals surface area contributed by atoms with E-state index in [1.165, 1.54) is 30.5 Å². The van der Waals surface area contributed by atoms with Crippen LogP contribution in [-0.2, 0) is 6.42 Å². The number of fused-ring (bicyclic) bond motifs is 1. The zero-order chi connectivity index (χ0) is 11.0. The number of rotatable bonds is 3. The van der Waals surface area contributed by atoms with E-state index in [0.29, 0.717) is 18.6 Å². The fourth-order valence-corrected chi connectivity index (χ4v) is 2.56. The molecule has 1 saturated carbocycles. The highest BCUT2D eigenvalue weighted by Gasteiger charge is 2.27. The van der Waals surface area contributed by atoms with Crippen LogP contribution < -0.4 is 10.5 Å². The summed E-state index contributed by atoms with van der Waals surface area (Å²) in [5.41, 5.74) is 8.25. The first-order valence-corrected chi connectivity index (χ1v) is 6.23. The zero-order valence-corrected chi connectivity index (χ0v) is 11.9. The molecule has 1 fully saturated rings. The Kier molecular flexibility index (Phi) is 5.70. The fraction of sp³-hybridized carbons (Fsp3) is 0.615. The van der Waals surface area contributed by atoms with Gasteiger partial charge in [-0.25, -0.2) is 0 Å². The van der Waals surface area contributed by atoms with Gasteiger partial charge in [0.25, 0.3) is 0 Å². The molecule has 0 spiro atoms. The third-order valence-electron chi connectivity index (χ3n) is 3.81. The molecule has 1 heterocycles. The maximum Gasteiger partial charge on any atom is 0.126 e. The van der Waals surface area contributed by atoms with Gasteiger partial charge in [0.2, 0.25) is 0 Å². The Morgan fingerprint density at radius 3 is 2.67 bits per heavy atom. The van der Waals surface area contributed by atoms with Gasteiger partial charge in [0.15, 0.2) is 0 Å². The van der Waals surface area contributed by atoms with Gasteiger partial charge in [0, 0.05) is 24.2 Å². The number of hydrogen-bond donors (Lipinski definition) is 1. The van der Waals surface area contributed by atoms with Gasteiger partial charge in [-0.1, -0.05) is 0 Å². The van der Waals surface area contributed by atoms with E-state index in [4.69, 9.17) is 10.5 Å². The van der Waals surface area contributed by atoms with Crippen LogP contribution in [0.3, 0.4) is 0 Å². The highest BCUT2D eigenvalue weighted by Crippen LogP contribution is 2.37. The van der Waals surface area contributed by atoms with Crippen molar-refractivity contribution in [1.29, 1.82) is 0 Å². The summed E-state index contributed by atoms with van der Waals surface area (Å²) in [7, 11) is 0. The predicted molar refractivity (Wildman–Crippen MR) is 77.1 cm³/mol. The molecular formula is C13H20Cl2N2O. The first-order chi connectivity index (χ1) is 7.88. The van der Waals surface area contributed by atoms with Crippen LogP contribution in [-0.4, -0.2) is 17.6 Å². The molecule has 0 saturated heterocycles. The molecule has 1 aromatic heterocycles. The van der Waals surface area contributed by atoms with Crippen LogP contribution in [0.25, 0.3) is 0 Å². The molecule has 0 radical (unpaired) electrons. The van der Waals surface area contributed by atoms with E-state index in [1.54, 1.807) is 0 Å². The molecule has 18 heavy (non-hydrogen) atoms. The first-order valence-electron chi connectivity index (χ1n) is 6.23. The van der Waals surface area contributed by atoms with Crippen molar-refractivity contribution in [1.82, 2.24) is 4.98 Å². The van der Waals surface area contributed by atoms with Gasteiger partial charge in [-0.05, 0) is 38.2 Å². The molecule has 1 atom stereocenters. The standard InChI is InChI=1S/C13H18N2O.2ClH/c14-8-9-4-5-11-12(6-7-15-13(9)11)16-10-2-1-3-10;;/h6-7,9-10H,1-5,8,14H2;2*1H/t9-;;/m1../s1. The Balaban J connectivity index is 0.000000810. The summed E-state index contributed by atoms with van der Waals surface area (Å²) < 4.78 is 6.01. The summed E-state index contributed by atoms with van der Waals surface area (Å²) in [6.07, 6.45) is 8.24. The number of aromatic nitrogens is 1. The van der Waals surface area contributed by atoms with Crippen LogP contribution in [0.15, 0.2) is 12.3 Å². The molecule has 0 aromatic carbocycles. The van der Waals surface area contributed by atoms with E-state index < -0.39 is 0 Å². The predicted octanol–water partition coefficient (Wildman–Crippen LogP) is 2.85. The van der Waals surface area contributed by atoms with Crippen LogP contribution in [0.5, 0.6) is 5.75 Å². The first kappa shape index (κ1) is 15.5. The smallest absolute Gasteiger partial charge is 0.126 e. The lowest BCUT2D eigenvalue weighted by molar-refractivity contribution is 0.119. The second-order valence-electron chi connectivity index (χ2n) is 4.81. The summed E-state index contributed by atoms with van der Waals surface area (Å²) in [5, 5.41) is 0. The van der Waals surface area contributed by atoms with Crippen LogP contribution in [0.2, 0.25) is 0 Å². The lowest BCUT2D eigenvalue weighted by Gasteiger charge is -2.27. The minimum atomic E-state index is 0. The van der Waals surface area contributed by atoms with E-state index in [9.17, 15) is 0 Å². The van der Waals surface area contributed by atoms with Gasteiger partial charge < -0.3 is 10.5 Å². The molecule has 3 rings (SSSR count). The maximum atomic E-state index is 6.01. The molecule has 5 heteroatoms. The van der Waals surface area contributed by atoms with E-state index in [1.807, 2.05) is 12.3 Å². The lowest BCUT2D eigenvalue weighted by atomic mass is 9.96. The third kappa shape index (κ3) is 2.73. The molecule has 0 amide bonds. The molecular weight excluding hydrogens is 271 g/mol. The second kappa shape index (κ2) is 6.60. The number of hydrogen-bond acceptors (Lipinski definition) is 3. The molecule has 0 bridgehead atoms. The van der Waals surface area contributed by atoms with Crippen molar-refractivity contribution in [3.05, 3.63) is 23.5 Å². The van der Waals surface area contributed by atoms with E-state index >= 15 is 0 Å². The van der Waals surface area contributed by atoms with Crippen molar-refractivity contribution >= 4 is 24.8 Å². The highest BCUT2D eigenvalue weighted by atomic mass is 35.5. The normalized spacial score (nSPS) is 21.3. The van der Waals surface area contributed by atoms with Crippen LogP contribution >= 0.6 is 24.8 Å². The van der Waals surface area contributed by atoms with Crippen LogP contribution in [0, 0.1) is 0 Å². The summed E-state index contributed by atoms with van der Waals surface area (Å²) in [6, 6.07) is 2.01. The monoisotopic (exact) mass is 290 g/mol. The van der Waals surface area contributed by atoms with E-state index in [-0.39, 0.29) is 24.8 Å². The number of nitrogens with zero attached hydrogens (tertiary/aromatic N) is 1. The van der Waals surface area contributed by atoms with Crippen molar-refractivity contribution in [2.75, 3.05) is 6.54 Å². The van der Waals surface area contributed by atoms with Gasteiger partial charge in [0.1, 0.15) is 5.75 Å². The lowest BCUT2D eigenvalue weighted by Crippen LogP contribution is -2.25. The number of ether oxygens (including phenoxy) is 1. The molecule has 3 nitrogen and oxygen atoms in total. The zero-order valence-electron chi connectivity index (χ0n) is 10.3. The molecule has 1 aromatic rings. The molecule has 0 unspecified atom stereocenters. The number of halogens is 2. The topological polar surface area (TPSA) is 48.1 Å². The second-order valence-corrected chi connectivity index (χ2v) is 4.81. The summed E-state index contributed by atoms with van der Waals surface area (Å²) in [5.74, 6) is 1.51. The van der Waals surface area contributed by atoms with Gasteiger partial charge in [-0.2, -0.15) is 0 Å². The molecule has 2 aliphatic rings. The molecule has 2 aliphatic carbocycles. The summed E-state index contributed by atoms with van der Waals surface area (Å²) in [4.78, 5) is 4.46. The molecule has 102 valence electrons. The van der Waals surface area contributed by atoms with E-state index in [2.05, 4.69) is 4.98 Å². The van der Waals surface area contributed by atoms with Gasteiger partial charge in [-0.3, -0.25) is 4.98 Å². The largest absolute Gasteiger partial charge is 0.490 e. The van der Waals surface area contributed by atoms with Crippen LogP contribution in [0.1, 0.15) is 42.9 Å². The molecule has 2 N–H and O–H groups in total. The number of nitrogens with two attached hydrogens (primary N) is 1. The Bertz CT molecular complexity index is 397. The highest BCUT2D eigenvalue weighted by molar-refractivity contribution is 5.85. The maximum absolute atomic E-state index is 6.01. The SMILES string of the molecule is Cl.Cl.NC[C@H]1CCc2c(OC3CCC3)ccnc21. The summed E-state index contributed by atoms with van der Waals surface area (Å²) in [6.45, 7) is 0.701. The Morgan fingerprint density at radius 2 is 2.06 bits per heavy atom. The van der Waals surface area contributed by atoms with Crippen LogP contribution in [0.4, 0.5) is 0 Å². The average molecular weight is 291 g/mol. The fourth-order valence-electron chi connectivity index (χ4n) is 2.56. The Hall–Kier alpha value is -0.510. The van der Waals surface area contributed by atoms with Crippen molar-refractivity contribution in [2.45, 2.75) is 44.1 Å². The van der Waals surface area contributed by atoms with E-state index in [0.717, 1.165) is 18.6 Å². The van der Waals surface area contributed by atoms with Crippen molar-refractivity contribution in [3.8, 4) is 5.75 Å². The Morgan fingerprint density at radius 1 is 1.28 bits per heavy atom. The minimum Gasteiger partial charge on any atom is -0.490 e.